The fraction of sp³-hybridized carbons (Fsp3) is 0.462. The van der Waals surface area contributed by atoms with Gasteiger partial charge in [-0.05, 0) is 18.1 Å². The van der Waals surface area contributed by atoms with Crippen LogP contribution < -0.4 is 9.47 Å². The normalized spacial score (nSPS) is 18.9. The molecule has 17 heavy (non-hydrogen) atoms. The minimum atomic E-state index is -0.109. The molecule has 0 bridgehead atoms. The largest absolute Gasteiger partial charge is 0.497 e. The van der Waals surface area contributed by atoms with Crippen LogP contribution in [0.15, 0.2) is 18.2 Å². The first-order valence-electron chi connectivity index (χ1n) is 5.63. The SMILES string of the molecule is COc1ccc(C[C@H]2CCC(=O)O2)c(OC)c1. The minimum Gasteiger partial charge on any atom is -0.497 e. The summed E-state index contributed by atoms with van der Waals surface area (Å²) >= 11 is 0. The smallest absolute Gasteiger partial charge is 0.306 e. The van der Waals surface area contributed by atoms with Crippen molar-refractivity contribution in [3.63, 3.8) is 0 Å². The van der Waals surface area contributed by atoms with Gasteiger partial charge < -0.3 is 14.2 Å². The summed E-state index contributed by atoms with van der Waals surface area (Å²) in [6.45, 7) is 0. The van der Waals surface area contributed by atoms with Gasteiger partial charge in [-0.1, -0.05) is 6.07 Å². The fourth-order valence-electron chi connectivity index (χ4n) is 1.99. The molecule has 92 valence electrons. The van der Waals surface area contributed by atoms with Crippen LogP contribution in [-0.4, -0.2) is 26.3 Å². The van der Waals surface area contributed by atoms with Crippen LogP contribution in [0.3, 0.4) is 0 Å². The van der Waals surface area contributed by atoms with Gasteiger partial charge in [-0.25, -0.2) is 0 Å². The number of benzene rings is 1. The summed E-state index contributed by atoms with van der Waals surface area (Å²) in [6.07, 6.45) is 1.97. The molecule has 1 aliphatic heterocycles. The van der Waals surface area contributed by atoms with Crippen molar-refractivity contribution in [1.29, 1.82) is 0 Å². The van der Waals surface area contributed by atoms with Crippen LogP contribution in [0.2, 0.25) is 0 Å². The van der Waals surface area contributed by atoms with E-state index in [1.165, 1.54) is 0 Å². The Morgan fingerprint density at radius 3 is 2.76 bits per heavy atom. The lowest BCUT2D eigenvalue weighted by Gasteiger charge is -2.13. The van der Waals surface area contributed by atoms with Crippen molar-refractivity contribution >= 4 is 5.97 Å². The molecular weight excluding hydrogens is 220 g/mol. The molecule has 2 rings (SSSR count). The molecule has 1 atom stereocenters. The highest BCUT2D eigenvalue weighted by Crippen LogP contribution is 2.28. The van der Waals surface area contributed by atoms with Gasteiger partial charge >= 0.3 is 5.97 Å². The summed E-state index contributed by atoms with van der Waals surface area (Å²) in [5.41, 5.74) is 1.04. The topological polar surface area (TPSA) is 44.8 Å². The van der Waals surface area contributed by atoms with E-state index >= 15 is 0 Å². The third-order valence-corrected chi connectivity index (χ3v) is 2.91. The Kier molecular flexibility index (Phi) is 3.52. The van der Waals surface area contributed by atoms with Crippen LogP contribution in [0.1, 0.15) is 18.4 Å². The predicted molar refractivity (Wildman–Crippen MR) is 62.4 cm³/mol. The molecule has 1 aromatic carbocycles. The standard InChI is InChI=1S/C13H16O4/c1-15-10-4-3-9(12(8-10)16-2)7-11-5-6-13(14)17-11/h3-4,8,11H,5-7H2,1-2H3/t11-/m1/s1. The Labute approximate surface area is 100 Å². The van der Waals surface area contributed by atoms with E-state index < -0.39 is 0 Å². The molecule has 0 unspecified atom stereocenters. The van der Waals surface area contributed by atoms with Gasteiger partial charge in [0.1, 0.15) is 17.6 Å². The predicted octanol–water partition coefficient (Wildman–Crippen LogP) is 1.95. The van der Waals surface area contributed by atoms with Crippen LogP contribution in [0.25, 0.3) is 0 Å². The molecule has 0 spiro atoms. The maximum absolute atomic E-state index is 11.0. The number of methoxy groups -OCH3 is 2. The summed E-state index contributed by atoms with van der Waals surface area (Å²) in [7, 11) is 3.24. The van der Waals surface area contributed by atoms with Crippen molar-refractivity contribution in [2.75, 3.05) is 14.2 Å². The quantitative estimate of drug-likeness (QED) is 0.749. The highest BCUT2D eigenvalue weighted by molar-refractivity contribution is 5.71. The first-order chi connectivity index (χ1) is 8.22. The maximum atomic E-state index is 11.0. The molecule has 0 aromatic heterocycles. The number of cyclic esters (lactones) is 1. The molecule has 1 heterocycles. The molecule has 0 radical (unpaired) electrons. The highest BCUT2D eigenvalue weighted by atomic mass is 16.5. The number of hydrogen-bond acceptors (Lipinski definition) is 4. The molecular formula is C13H16O4. The Bertz CT molecular complexity index is 414. The zero-order valence-corrected chi connectivity index (χ0v) is 10.1. The van der Waals surface area contributed by atoms with E-state index in [-0.39, 0.29) is 12.1 Å². The van der Waals surface area contributed by atoms with Crippen LogP contribution in [0.4, 0.5) is 0 Å². The van der Waals surface area contributed by atoms with Crippen LogP contribution >= 0.6 is 0 Å². The molecule has 4 heteroatoms. The number of esters is 1. The number of hydrogen-bond donors (Lipinski definition) is 0. The Morgan fingerprint density at radius 2 is 2.18 bits per heavy atom. The van der Waals surface area contributed by atoms with Crippen molar-refractivity contribution in [2.45, 2.75) is 25.4 Å². The Morgan fingerprint density at radius 1 is 1.35 bits per heavy atom. The van der Waals surface area contributed by atoms with Crippen LogP contribution in [0.5, 0.6) is 11.5 Å². The van der Waals surface area contributed by atoms with Gasteiger partial charge in [0.15, 0.2) is 0 Å². The molecule has 4 nitrogen and oxygen atoms in total. The van der Waals surface area contributed by atoms with Crippen molar-refractivity contribution in [3.8, 4) is 11.5 Å². The van der Waals surface area contributed by atoms with Crippen molar-refractivity contribution in [2.24, 2.45) is 0 Å². The first kappa shape index (κ1) is 11.8. The number of carbonyl (C=O) groups excluding carboxylic acids is 1. The molecule has 0 amide bonds. The van der Waals surface area contributed by atoms with Gasteiger partial charge in [0.2, 0.25) is 0 Å². The summed E-state index contributed by atoms with van der Waals surface area (Å²) in [4.78, 5) is 11.0. The molecule has 1 aliphatic rings. The monoisotopic (exact) mass is 236 g/mol. The van der Waals surface area contributed by atoms with Gasteiger partial charge in [0.05, 0.1) is 14.2 Å². The van der Waals surface area contributed by atoms with E-state index in [0.29, 0.717) is 12.8 Å². The fourth-order valence-corrected chi connectivity index (χ4v) is 1.99. The molecule has 0 N–H and O–H groups in total. The second-order valence-electron chi connectivity index (χ2n) is 4.03. The maximum Gasteiger partial charge on any atom is 0.306 e. The van der Waals surface area contributed by atoms with Crippen LogP contribution in [0, 0.1) is 0 Å². The highest BCUT2D eigenvalue weighted by Gasteiger charge is 2.24. The van der Waals surface area contributed by atoms with Gasteiger partial charge in [0, 0.05) is 18.9 Å². The molecule has 1 aromatic rings. The summed E-state index contributed by atoms with van der Waals surface area (Å²) in [5.74, 6) is 1.42. The number of ether oxygens (including phenoxy) is 3. The van der Waals surface area contributed by atoms with Crippen LogP contribution in [-0.2, 0) is 16.0 Å². The zero-order chi connectivity index (χ0) is 12.3. The molecule has 0 saturated carbocycles. The second-order valence-corrected chi connectivity index (χ2v) is 4.03. The minimum absolute atomic E-state index is 0.0233. The second kappa shape index (κ2) is 5.08. The lowest BCUT2D eigenvalue weighted by Crippen LogP contribution is -2.11. The first-order valence-corrected chi connectivity index (χ1v) is 5.63. The van der Waals surface area contributed by atoms with E-state index in [0.717, 1.165) is 23.5 Å². The Hall–Kier alpha value is -1.71. The number of carbonyl (C=O) groups is 1. The molecule has 1 saturated heterocycles. The zero-order valence-electron chi connectivity index (χ0n) is 10.1. The van der Waals surface area contributed by atoms with E-state index in [2.05, 4.69) is 0 Å². The van der Waals surface area contributed by atoms with Crippen molar-refractivity contribution in [1.82, 2.24) is 0 Å². The number of rotatable bonds is 4. The third kappa shape index (κ3) is 2.70. The lowest BCUT2D eigenvalue weighted by atomic mass is 10.0. The van der Waals surface area contributed by atoms with Gasteiger partial charge in [-0.2, -0.15) is 0 Å². The van der Waals surface area contributed by atoms with E-state index in [1.54, 1.807) is 14.2 Å². The van der Waals surface area contributed by atoms with Gasteiger partial charge in [-0.3, -0.25) is 4.79 Å². The molecule has 1 fully saturated rings. The summed E-state index contributed by atoms with van der Waals surface area (Å²) in [6, 6.07) is 5.67. The third-order valence-electron chi connectivity index (χ3n) is 2.91. The average molecular weight is 236 g/mol. The van der Waals surface area contributed by atoms with E-state index in [4.69, 9.17) is 14.2 Å². The summed E-state index contributed by atoms with van der Waals surface area (Å²) < 4.78 is 15.6. The summed E-state index contributed by atoms with van der Waals surface area (Å²) in [5, 5.41) is 0. The van der Waals surface area contributed by atoms with Gasteiger partial charge in [-0.15, -0.1) is 0 Å². The van der Waals surface area contributed by atoms with Gasteiger partial charge in [0.25, 0.3) is 0 Å². The van der Waals surface area contributed by atoms with Crippen molar-refractivity contribution in [3.05, 3.63) is 23.8 Å². The molecule has 0 aliphatic carbocycles. The van der Waals surface area contributed by atoms with E-state index in [9.17, 15) is 4.79 Å². The average Bonchev–Trinajstić information content (AvgIpc) is 2.75. The Balaban J connectivity index is 2.12. The lowest BCUT2D eigenvalue weighted by molar-refractivity contribution is -0.141. The van der Waals surface area contributed by atoms with Crippen molar-refractivity contribution < 1.29 is 19.0 Å². The van der Waals surface area contributed by atoms with E-state index in [1.807, 2.05) is 18.2 Å².